The van der Waals surface area contributed by atoms with Gasteiger partial charge in [0, 0.05) is 13.2 Å². The van der Waals surface area contributed by atoms with Crippen LogP contribution >= 0.6 is 15.9 Å². The van der Waals surface area contributed by atoms with Gasteiger partial charge in [-0.3, -0.25) is 0 Å². The number of ether oxygens (including phenoxy) is 1. The Balaban J connectivity index is 2.13. The Morgan fingerprint density at radius 1 is 1.47 bits per heavy atom. The molecule has 0 bridgehead atoms. The van der Waals surface area contributed by atoms with Gasteiger partial charge in [0.15, 0.2) is 0 Å². The Morgan fingerprint density at radius 3 is 2.79 bits per heavy atom. The van der Waals surface area contributed by atoms with Crippen LogP contribution in [-0.2, 0) is 11.2 Å². The van der Waals surface area contributed by atoms with E-state index in [0.717, 1.165) is 18.5 Å². The fourth-order valence-electron chi connectivity index (χ4n) is 2.62. The maximum atomic E-state index is 13.6. The van der Waals surface area contributed by atoms with Crippen LogP contribution in [0.3, 0.4) is 0 Å². The van der Waals surface area contributed by atoms with Crippen molar-refractivity contribution >= 4 is 15.9 Å². The quantitative estimate of drug-likeness (QED) is 0.826. The summed E-state index contributed by atoms with van der Waals surface area (Å²) >= 11 is 3.34. The number of hydrogen-bond acceptors (Lipinski definition) is 2. The molecule has 0 saturated heterocycles. The van der Waals surface area contributed by atoms with Gasteiger partial charge in [-0.25, -0.2) is 4.39 Å². The van der Waals surface area contributed by atoms with Crippen LogP contribution in [0.4, 0.5) is 4.39 Å². The van der Waals surface area contributed by atoms with Gasteiger partial charge in [0.2, 0.25) is 0 Å². The van der Waals surface area contributed by atoms with E-state index >= 15 is 0 Å². The third-order valence-electron chi connectivity index (χ3n) is 3.69. The monoisotopic (exact) mass is 329 g/mol. The molecule has 1 aromatic carbocycles. The molecule has 106 valence electrons. The molecule has 0 aromatic heterocycles. The highest BCUT2D eigenvalue weighted by atomic mass is 79.9. The van der Waals surface area contributed by atoms with Gasteiger partial charge in [0.05, 0.1) is 10.6 Å². The fourth-order valence-corrected chi connectivity index (χ4v) is 3.05. The van der Waals surface area contributed by atoms with Gasteiger partial charge in [0.25, 0.3) is 0 Å². The van der Waals surface area contributed by atoms with E-state index < -0.39 is 0 Å². The SMILES string of the molecule is CCNC(Cc1cccc(F)c1Br)C(OC)C1CC1. The summed E-state index contributed by atoms with van der Waals surface area (Å²) < 4.78 is 19.8. The highest BCUT2D eigenvalue weighted by Crippen LogP contribution is 2.36. The zero-order valence-electron chi connectivity index (χ0n) is 11.5. The fraction of sp³-hybridized carbons (Fsp3) is 0.600. The van der Waals surface area contributed by atoms with Crippen LogP contribution in [0.5, 0.6) is 0 Å². The first-order chi connectivity index (χ1) is 9.17. The average Bonchev–Trinajstić information content (AvgIpc) is 3.20. The smallest absolute Gasteiger partial charge is 0.137 e. The van der Waals surface area contributed by atoms with Crippen molar-refractivity contribution < 1.29 is 9.13 Å². The van der Waals surface area contributed by atoms with Gasteiger partial charge in [-0.15, -0.1) is 0 Å². The van der Waals surface area contributed by atoms with Crippen molar-refractivity contribution in [3.05, 3.63) is 34.1 Å². The van der Waals surface area contributed by atoms with Crippen LogP contribution < -0.4 is 5.32 Å². The van der Waals surface area contributed by atoms with Crippen molar-refractivity contribution in [2.45, 2.75) is 38.3 Å². The molecule has 1 N–H and O–H groups in total. The summed E-state index contributed by atoms with van der Waals surface area (Å²) in [6.45, 7) is 2.98. The molecule has 19 heavy (non-hydrogen) atoms. The zero-order chi connectivity index (χ0) is 13.8. The van der Waals surface area contributed by atoms with E-state index in [-0.39, 0.29) is 18.0 Å². The van der Waals surface area contributed by atoms with Gasteiger partial charge in [0.1, 0.15) is 5.82 Å². The topological polar surface area (TPSA) is 21.3 Å². The molecular weight excluding hydrogens is 309 g/mol. The number of likely N-dealkylation sites (N-methyl/N-ethyl adjacent to an activating group) is 1. The summed E-state index contributed by atoms with van der Waals surface area (Å²) in [4.78, 5) is 0. The number of halogens is 2. The normalized spacial score (nSPS) is 18.3. The van der Waals surface area contributed by atoms with Gasteiger partial charge in [-0.1, -0.05) is 19.1 Å². The van der Waals surface area contributed by atoms with Crippen molar-refractivity contribution in [1.29, 1.82) is 0 Å². The van der Waals surface area contributed by atoms with Crippen LogP contribution in [0.15, 0.2) is 22.7 Å². The summed E-state index contributed by atoms with van der Waals surface area (Å²) in [7, 11) is 1.77. The van der Waals surface area contributed by atoms with Crippen molar-refractivity contribution in [3.63, 3.8) is 0 Å². The second kappa shape index (κ2) is 6.82. The van der Waals surface area contributed by atoms with Crippen LogP contribution in [0.25, 0.3) is 0 Å². The number of methoxy groups -OCH3 is 1. The molecule has 0 amide bonds. The minimum Gasteiger partial charge on any atom is -0.380 e. The Labute approximate surface area is 122 Å². The standard InChI is InChI=1S/C15H21BrFNO/c1-3-18-13(15(19-2)10-7-8-10)9-11-5-4-6-12(17)14(11)16/h4-6,10,13,15,18H,3,7-9H2,1-2H3. The lowest BCUT2D eigenvalue weighted by Crippen LogP contribution is -2.43. The predicted octanol–water partition coefficient (Wildman–Crippen LogP) is 3.53. The molecule has 2 atom stereocenters. The first-order valence-electron chi connectivity index (χ1n) is 6.86. The van der Waals surface area contributed by atoms with Crippen LogP contribution in [0.1, 0.15) is 25.3 Å². The predicted molar refractivity (Wildman–Crippen MR) is 78.8 cm³/mol. The molecule has 1 aliphatic carbocycles. The maximum absolute atomic E-state index is 13.6. The van der Waals surface area contributed by atoms with Crippen molar-refractivity contribution in [2.75, 3.05) is 13.7 Å². The van der Waals surface area contributed by atoms with Gasteiger partial charge in [-0.05, 0) is 59.3 Å². The van der Waals surface area contributed by atoms with E-state index in [1.807, 2.05) is 6.07 Å². The molecule has 2 unspecified atom stereocenters. The molecule has 1 aliphatic rings. The lowest BCUT2D eigenvalue weighted by Gasteiger charge is -2.27. The number of benzene rings is 1. The molecule has 1 aromatic rings. The Kier molecular flexibility index (Phi) is 5.37. The van der Waals surface area contributed by atoms with E-state index in [1.54, 1.807) is 13.2 Å². The molecule has 2 rings (SSSR count). The molecule has 1 saturated carbocycles. The van der Waals surface area contributed by atoms with Crippen molar-refractivity contribution in [2.24, 2.45) is 5.92 Å². The second-order valence-corrected chi connectivity index (χ2v) is 5.91. The Hall–Kier alpha value is -0.450. The maximum Gasteiger partial charge on any atom is 0.137 e. The lowest BCUT2D eigenvalue weighted by atomic mass is 9.98. The number of rotatable bonds is 7. The van der Waals surface area contributed by atoms with Gasteiger partial charge in [-0.2, -0.15) is 0 Å². The van der Waals surface area contributed by atoms with Crippen LogP contribution in [0.2, 0.25) is 0 Å². The van der Waals surface area contributed by atoms with Crippen molar-refractivity contribution in [1.82, 2.24) is 5.32 Å². The van der Waals surface area contributed by atoms with E-state index in [4.69, 9.17) is 4.74 Å². The highest BCUT2D eigenvalue weighted by molar-refractivity contribution is 9.10. The molecule has 2 nitrogen and oxygen atoms in total. The van der Waals surface area contributed by atoms with E-state index in [0.29, 0.717) is 10.4 Å². The Morgan fingerprint density at radius 2 is 2.21 bits per heavy atom. The third kappa shape index (κ3) is 3.77. The van der Waals surface area contributed by atoms with E-state index in [2.05, 4.69) is 28.2 Å². The number of nitrogens with one attached hydrogen (secondary N) is 1. The molecule has 4 heteroatoms. The zero-order valence-corrected chi connectivity index (χ0v) is 13.0. The molecule has 0 spiro atoms. The first kappa shape index (κ1) is 14.9. The minimum absolute atomic E-state index is 0.201. The molecule has 0 aliphatic heterocycles. The third-order valence-corrected chi connectivity index (χ3v) is 4.58. The number of hydrogen-bond donors (Lipinski definition) is 1. The van der Waals surface area contributed by atoms with Crippen LogP contribution in [0, 0.1) is 11.7 Å². The van der Waals surface area contributed by atoms with Crippen LogP contribution in [-0.4, -0.2) is 25.8 Å². The molecule has 1 fully saturated rings. The molecule has 0 heterocycles. The summed E-state index contributed by atoms with van der Waals surface area (Å²) in [5, 5.41) is 3.48. The van der Waals surface area contributed by atoms with Crippen molar-refractivity contribution in [3.8, 4) is 0 Å². The average molecular weight is 330 g/mol. The van der Waals surface area contributed by atoms with E-state index in [9.17, 15) is 4.39 Å². The molecular formula is C15H21BrFNO. The second-order valence-electron chi connectivity index (χ2n) is 5.12. The summed E-state index contributed by atoms with van der Waals surface area (Å²) in [5.41, 5.74) is 0.994. The summed E-state index contributed by atoms with van der Waals surface area (Å²) in [6, 6.07) is 5.44. The minimum atomic E-state index is -0.201. The summed E-state index contributed by atoms with van der Waals surface area (Å²) in [5.74, 6) is 0.453. The first-order valence-corrected chi connectivity index (χ1v) is 7.65. The highest BCUT2D eigenvalue weighted by Gasteiger charge is 2.36. The van der Waals surface area contributed by atoms with E-state index in [1.165, 1.54) is 18.9 Å². The Bertz CT molecular complexity index is 423. The van der Waals surface area contributed by atoms with Gasteiger partial charge >= 0.3 is 0 Å². The van der Waals surface area contributed by atoms with Gasteiger partial charge < -0.3 is 10.1 Å². The largest absolute Gasteiger partial charge is 0.380 e. The summed E-state index contributed by atoms with van der Waals surface area (Å²) in [6.07, 6.45) is 3.48. The molecule has 0 radical (unpaired) electrons. The lowest BCUT2D eigenvalue weighted by molar-refractivity contribution is 0.0515.